The number of ether oxygens (including phenoxy) is 2. The Bertz CT molecular complexity index is 439. The molecule has 0 spiro atoms. The van der Waals surface area contributed by atoms with E-state index in [1.54, 1.807) is 0 Å². The van der Waals surface area contributed by atoms with Gasteiger partial charge in [0.15, 0.2) is 0 Å². The van der Waals surface area contributed by atoms with Gasteiger partial charge in [0.05, 0.1) is 6.10 Å². The van der Waals surface area contributed by atoms with Crippen LogP contribution in [0.4, 0.5) is 0 Å². The number of carbonyl (C=O) groups is 2. The van der Waals surface area contributed by atoms with Gasteiger partial charge in [-0.05, 0) is 25.7 Å². The molecule has 0 aliphatic carbocycles. The van der Waals surface area contributed by atoms with E-state index in [4.69, 9.17) is 9.47 Å². The summed E-state index contributed by atoms with van der Waals surface area (Å²) >= 11 is 0. The minimum atomic E-state index is -0.597. The van der Waals surface area contributed by atoms with Crippen LogP contribution in [0.25, 0.3) is 0 Å². The van der Waals surface area contributed by atoms with Crippen molar-refractivity contribution < 1.29 is 19.1 Å². The second-order valence-electron chi connectivity index (χ2n) is 5.17. The van der Waals surface area contributed by atoms with Crippen molar-refractivity contribution in [1.29, 1.82) is 0 Å². The van der Waals surface area contributed by atoms with Gasteiger partial charge in [0.25, 0.3) is 0 Å². The largest absolute Gasteiger partial charge is 0.393 e. The van der Waals surface area contributed by atoms with E-state index in [-0.39, 0.29) is 6.10 Å². The van der Waals surface area contributed by atoms with Crippen molar-refractivity contribution in [1.82, 2.24) is 0 Å². The fourth-order valence-electron chi connectivity index (χ4n) is 3.29. The van der Waals surface area contributed by atoms with Crippen LogP contribution in [0.3, 0.4) is 0 Å². The summed E-state index contributed by atoms with van der Waals surface area (Å²) in [6.45, 7) is 3.69. The maximum Gasteiger partial charge on any atom is 0.320 e. The normalized spacial score (nSPS) is 40.1. The zero-order valence-electron chi connectivity index (χ0n) is 10.1. The minimum absolute atomic E-state index is 0.270. The average molecular weight is 248 g/mol. The zero-order chi connectivity index (χ0) is 12.8. The monoisotopic (exact) mass is 248 g/mol. The number of fused-ring (bicyclic) bond motifs is 5. The van der Waals surface area contributed by atoms with Gasteiger partial charge in [-0.25, -0.2) is 0 Å². The number of rotatable bonds is 5. The van der Waals surface area contributed by atoms with Crippen molar-refractivity contribution in [2.75, 3.05) is 0 Å². The predicted octanol–water partition coefficient (Wildman–Crippen LogP) is 1.76. The molecule has 4 atom stereocenters. The van der Waals surface area contributed by atoms with Gasteiger partial charge in [0.1, 0.15) is 17.4 Å². The van der Waals surface area contributed by atoms with E-state index in [0.717, 1.165) is 25.7 Å². The Morgan fingerprint density at radius 3 is 2.94 bits per heavy atom. The molecule has 0 unspecified atom stereocenters. The van der Waals surface area contributed by atoms with E-state index in [1.165, 1.54) is 0 Å². The van der Waals surface area contributed by atoms with Gasteiger partial charge in [-0.15, -0.1) is 6.58 Å². The number of cyclic esters (lactones) is 2. The van der Waals surface area contributed by atoms with E-state index in [1.807, 2.05) is 18.2 Å². The van der Waals surface area contributed by atoms with E-state index in [9.17, 15) is 9.59 Å². The highest BCUT2D eigenvalue weighted by atomic mass is 16.6. The van der Waals surface area contributed by atoms with Gasteiger partial charge in [-0.1, -0.05) is 18.2 Å². The van der Waals surface area contributed by atoms with Crippen molar-refractivity contribution in [3.05, 3.63) is 24.8 Å². The first-order valence-electron chi connectivity index (χ1n) is 6.41. The average Bonchev–Trinajstić information content (AvgIpc) is 2.97. The van der Waals surface area contributed by atoms with Crippen LogP contribution in [0, 0.1) is 11.8 Å². The van der Waals surface area contributed by atoms with Crippen molar-refractivity contribution >= 4 is 11.9 Å². The summed E-state index contributed by atoms with van der Waals surface area (Å²) < 4.78 is 10.6. The van der Waals surface area contributed by atoms with Gasteiger partial charge >= 0.3 is 11.9 Å². The predicted molar refractivity (Wildman–Crippen MR) is 63.5 cm³/mol. The molecule has 96 valence electrons. The van der Waals surface area contributed by atoms with Crippen molar-refractivity contribution in [3.8, 4) is 0 Å². The molecular weight excluding hydrogens is 232 g/mol. The van der Waals surface area contributed by atoms with E-state index in [0.29, 0.717) is 0 Å². The molecule has 0 aromatic carbocycles. The number of allylic oxidation sites excluding steroid dienone is 1. The lowest BCUT2D eigenvalue weighted by Crippen LogP contribution is -2.37. The molecular formula is C14H16O4. The van der Waals surface area contributed by atoms with Crippen molar-refractivity contribution in [3.63, 3.8) is 0 Å². The van der Waals surface area contributed by atoms with Crippen LogP contribution in [0.15, 0.2) is 24.8 Å². The lowest BCUT2D eigenvalue weighted by atomic mass is 9.74. The molecule has 0 amide bonds. The second-order valence-corrected chi connectivity index (χ2v) is 5.17. The van der Waals surface area contributed by atoms with Gasteiger partial charge in [-0.3, -0.25) is 9.59 Å². The third-order valence-corrected chi connectivity index (χ3v) is 4.12. The summed E-state index contributed by atoms with van der Waals surface area (Å²) in [5.41, 5.74) is -0.597. The molecule has 4 nitrogen and oxygen atoms in total. The maximum atomic E-state index is 11.8. The molecule has 2 saturated heterocycles. The zero-order valence-corrected chi connectivity index (χ0v) is 10.1. The van der Waals surface area contributed by atoms with Crippen LogP contribution in [-0.2, 0) is 19.1 Å². The van der Waals surface area contributed by atoms with Crippen molar-refractivity contribution in [2.24, 2.45) is 11.8 Å². The fraction of sp³-hybridized carbons (Fsp3) is 0.571. The molecule has 0 aromatic heterocycles. The fourth-order valence-corrected chi connectivity index (χ4v) is 3.29. The summed E-state index contributed by atoms with van der Waals surface area (Å²) in [5.74, 6) is -1.68. The Hall–Kier alpha value is -1.42. The van der Waals surface area contributed by atoms with E-state index >= 15 is 0 Å². The molecule has 4 heteroatoms. The summed E-state index contributed by atoms with van der Waals surface area (Å²) in [6, 6.07) is 0. The van der Waals surface area contributed by atoms with Gasteiger partial charge in [0, 0.05) is 0 Å². The molecule has 2 bridgehead atoms. The van der Waals surface area contributed by atoms with Crippen LogP contribution >= 0.6 is 0 Å². The standard InChI is InChI=1S/C14H16O4/c1-2-3-4-5-7-14-8-6-9(18-14)10-11(14)13(16)17-12(10)15/h2,6,8-11H,1,3-5,7H2/t9-,10+,11-,14+/m1/s1. The van der Waals surface area contributed by atoms with Crippen LogP contribution in [0.1, 0.15) is 25.7 Å². The molecule has 0 radical (unpaired) electrons. The SMILES string of the molecule is C=CCCCC[C@@]12C=C[C@@H](O1)[C@@H]1C(=O)OC(=O)[C@@H]12. The molecule has 18 heavy (non-hydrogen) atoms. The first-order valence-corrected chi connectivity index (χ1v) is 6.41. The summed E-state index contributed by atoms with van der Waals surface area (Å²) in [5, 5.41) is 0. The topological polar surface area (TPSA) is 52.6 Å². The highest BCUT2D eigenvalue weighted by Gasteiger charge is 2.66. The Kier molecular flexibility index (Phi) is 2.63. The minimum Gasteiger partial charge on any atom is -0.393 e. The molecule has 3 aliphatic heterocycles. The number of hydrogen-bond acceptors (Lipinski definition) is 4. The third kappa shape index (κ3) is 1.48. The number of esters is 2. The highest BCUT2D eigenvalue weighted by Crippen LogP contribution is 2.53. The van der Waals surface area contributed by atoms with E-state index in [2.05, 4.69) is 6.58 Å². The molecule has 0 saturated carbocycles. The summed E-state index contributed by atoms with van der Waals surface area (Å²) in [4.78, 5) is 23.4. The van der Waals surface area contributed by atoms with E-state index < -0.39 is 29.4 Å². The molecule has 2 fully saturated rings. The lowest BCUT2D eigenvalue weighted by molar-refractivity contribution is -0.158. The van der Waals surface area contributed by atoms with Crippen LogP contribution in [0.2, 0.25) is 0 Å². The summed E-state index contributed by atoms with van der Waals surface area (Å²) in [7, 11) is 0. The number of unbranched alkanes of at least 4 members (excludes halogenated alkanes) is 2. The van der Waals surface area contributed by atoms with Crippen molar-refractivity contribution in [2.45, 2.75) is 37.4 Å². The summed E-state index contributed by atoms with van der Waals surface area (Å²) in [6.07, 6.45) is 9.16. The number of carbonyl (C=O) groups excluding carboxylic acids is 2. The Morgan fingerprint density at radius 1 is 1.33 bits per heavy atom. The molecule has 0 N–H and O–H groups in total. The molecule has 3 heterocycles. The van der Waals surface area contributed by atoms with Crippen LogP contribution in [-0.4, -0.2) is 23.6 Å². The second kappa shape index (κ2) is 4.05. The first-order chi connectivity index (χ1) is 8.68. The van der Waals surface area contributed by atoms with Crippen LogP contribution < -0.4 is 0 Å². The molecule has 0 aromatic rings. The number of hydrogen-bond donors (Lipinski definition) is 0. The molecule has 3 aliphatic rings. The van der Waals surface area contributed by atoms with Crippen LogP contribution in [0.5, 0.6) is 0 Å². The first kappa shape index (κ1) is 11.7. The Labute approximate surface area is 106 Å². The maximum absolute atomic E-state index is 11.8. The Balaban J connectivity index is 1.76. The smallest absolute Gasteiger partial charge is 0.320 e. The third-order valence-electron chi connectivity index (χ3n) is 4.12. The lowest BCUT2D eigenvalue weighted by Gasteiger charge is -2.27. The van der Waals surface area contributed by atoms with Gasteiger partial charge < -0.3 is 9.47 Å². The highest BCUT2D eigenvalue weighted by molar-refractivity contribution is 5.99. The Morgan fingerprint density at radius 2 is 2.17 bits per heavy atom. The quantitative estimate of drug-likeness (QED) is 0.322. The van der Waals surface area contributed by atoms with Gasteiger partial charge in [-0.2, -0.15) is 0 Å². The molecule has 3 rings (SSSR count). The van der Waals surface area contributed by atoms with Gasteiger partial charge in [0.2, 0.25) is 0 Å².